The number of nitrogens with two attached hydrogens (primary N) is 1. The quantitative estimate of drug-likeness (QED) is 0.851. The van der Waals surface area contributed by atoms with Gasteiger partial charge in [0, 0.05) is 29.9 Å². The van der Waals surface area contributed by atoms with Crippen molar-refractivity contribution in [3.63, 3.8) is 0 Å². The fourth-order valence-corrected chi connectivity index (χ4v) is 2.43. The van der Waals surface area contributed by atoms with Gasteiger partial charge in [-0.25, -0.2) is 0 Å². The molecule has 0 aliphatic heterocycles. The smallest absolute Gasteiger partial charge is 0.125 e. The van der Waals surface area contributed by atoms with E-state index in [0.717, 1.165) is 17.9 Å². The lowest BCUT2D eigenvalue weighted by Gasteiger charge is -2.28. The van der Waals surface area contributed by atoms with Crippen LogP contribution in [0.15, 0.2) is 18.2 Å². The number of rotatable bonds is 5. The average Bonchev–Trinajstić information content (AvgIpc) is 3.13. The molecule has 2 rings (SSSR count). The van der Waals surface area contributed by atoms with E-state index < -0.39 is 0 Å². The molecule has 3 heteroatoms. The summed E-state index contributed by atoms with van der Waals surface area (Å²) in [6.45, 7) is 5.24. The fourth-order valence-electron chi connectivity index (χ4n) is 2.43. The second-order valence-electron chi connectivity index (χ2n) is 4.70. The van der Waals surface area contributed by atoms with E-state index in [-0.39, 0.29) is 6.04 Å². The molecule has 0 heterocycles. The van der Waals surface area contributed by atoms with Crippen LogP contribution in [0.25, 0.3) is 0 Å². The van der Waals surface area contributed by atoms with Crippen LogP contribution in [0.1, 0.15) is 38.3 Å². The van der Waals surface area contributed by atoms with Gasteiger partial charge in [-0.05, 0) is 38.8 Å². The Labute approximate surface area is 104 Å². The summed E-state index contributed by atoms with van der Waals surface area (Å²) in [5.74, 6) is 0.900. The molecule has 3 nitrogen and oxygen atoms in total. The van der Waals surface area contributed by atoms with Crippen LogP contribution >= 0.6 is 0 Å². The van der Waals surface area contributed by atoms with E-state index in [1.165, 1.54) is 18.5 Å². The van der Waals surface area contributed by atoms with Crippen LogP contribution in [0.2, 0.25) is 0 Å². The molecule has 0 aromatic heterocycles. The van der Waals surface area contributed by atoms with Crippen LogP contribution in [0.5, 0.6) is 5.75 Å². The molecule has 0 spiro atoms. The van der Waals surface area contributed by atoms with Crippen molar-refractivity contribution >= 4 is 5.69 Å². The van der Waals surface area contributed by atoms with E-state index in [1.807, 2.05) is 19.1 Å². The first-order valence-electron chi connectivity index (χ1n) is 6.38. The number of benzene rings is 1. The summed E-state index contributed by atoms with van der Waals surface area (Å²) in [7, 11) is 1.71. The highest BCUT2D eigenvalue weighted by atomic mass is 16.5. The summed E-state index contributed by atoms with van der Waals surface area (Å²) >= 11 is 0. The van der Waals surface area contributed by atoms with Gasteiger partial charge >= 0.3 is 0 Å². The van der Waals surface area contributed by atoms with Gasteiger partial charge in [0.05, 0.1) is 7.11 Å². The van der Waals surface area contributed by atoms with Gasteiger partial charge in [0.2, 0.25) is 0 Å². The van der Waals surface area contributed by atoms with Gasteiger partial charge in [-0.2, -0.15) is 0 Å². The summed E-state index contributed by atoms with van der Waals surface area (Å²) in [5, 5.41) is 0. The molecule has 0 radical (unpaired) electrons. The number of ether oxygens (including phenoxy) is 1. The summed E-state index contributed by atoms with van der Waals surface area (Å²) in [6.07, 6.45) is 2.59. The molecule has 1 aromatic carbocycles. The number of anilines is 1. The van der Waals surface area contributed by atoms with Gasteiger partial charge in [0.1, 0.15) is 5.75 Å². The van der Waals surface area contributed by atoms with Crippen LogP contribution < -0.4 is 15.4 Å². The van der Waals surface area contributed by atoms with Crippen LogP contribution in [0, 0.1) is 0 Å². The highest BCUT2D eigenvalue weighted by Gasteiger charge is 2.30. The van der Waals surface area contributed by atoms with Crippen molar-refractivity contribution in [2.45, 2.75) is 38.8 Å². The first-order chi connectivity index (χ1) is 8.19. The van der Waals surface area contributed by atoms with Gasteiger partial charge < -0.3 is 15.4 Å². The second-order valence-corrected chi connectivity index (χ2v) is 4.70. The van der Waals surface area contributed by atoms with E-state index in [4.69, 9.17) is 10.5 Å². The number of hydrogen-bond donors (Lipinski definition) is 1. The molecule has 0 saturated heterocycles. The average molecular weight is 234 g/mol. The van der Waals surface area contributed by atoms with E-state index in [9.17, 15) is 0 Å². The lowest BCUT2D eigenvalue weighted by Crippen LogP contribution is -2.27. The molecule has 1 aromatic rings. The summed E-state index contributed by atoms with van der Waals surface area (Å²) in [4.78, 5) is 2.45. The Bertz CT molecular complexity index is 386. The fraction of sp³-hybridized carbons (Fsp3) is 0.571. The van der Waals surface area contributed by atoms with Crippen molar-refractivity contribution in [1.29, 1.82) is 0 Å². The molecule has 0 bridgehead atoms. The van der Waals surface area contributed by atoms with Crippen molar-refractivity contribution < 1.29 is 4.74 Å². The summed E-state index contributed by atoms with van der Waals surface area (Å²) in [6, 6.07) is 6.88. The number of methoxy groups -OCH3 is 1. The number of hydrogen-bond acceptors (Lipinski definition) is 3. The Morgan fingerprint density at radius 3 is 2.65 bits per heavy atom. The topological polar surface area (TPSA) is 38.5 Å². The van der Waals surface area contributed by atoms with E-state index in [2.05, 4.69) is 17.9 Å². The lowest BCUT2D eigenvalue weighted by atomic mass is 10.0. The van der Waals surface area contributed by atoms with Gasteiger partial charge in [-0.3, -0.25) is 0 Å². The first-order valence-corrected chi connectivity index (χ1v) is 6.38. The Morgan fingerprint density at radius 1 is 1.47 bits per heavy atom. The molecular weight excluding hydrogens is 212 g/mol. The third-order valence-corrected chi connectivity index (χ3v) is 3.36. The minimum atomic E-state index is -0.00560. The molecular formula is C14H22N2O. The maximum absolute atomic E-state index is 6.10. The van der Waals surface area contributed by atoms with E-state index in [1.54, 1.807) is 7.11 Å². The molecule has 1 aliphatic rings. The molecule has 2 N–H and O–H groups in total. The zero-order valence-corrected chi connectivity index (χ0v) is 10.9. The normalized spacial score (nSPS) is 16.7. The summed E-state index contributed by atoms with van der Waals surface area (Å²) < 4.78 is 5.44. The molecule has 17 heavy (non-hydrogen) atoms. The third kappa shape index (κ3) is 2.39. The Hall–Kier alpha value is -1.22. The standard InChI is InChI=1S/C14H22N2O/c1-4-16(11-8-9-11)12-6-5-7-13(17-3)14(12)10(2)15/h5-7,10-11H,4,8-9,15H2,1-3H3/t10-/m0/s1. The first kappa shape index (κ1) is 12.2. The number of nitrogens with zero attached hydrogens (tertiary/aromatic N) is 1. The van der Waals surface area contributed by atoms with Crippen molar-refractivity contribution in [3.05, 3.63) is 23.8 Å². The highest BCUT2D eigenvalue weighted by molar-refractivity contribution is 5.61. The predicted octanol–water partition coefficient (Wildman–Crippen LogP) is 2.70. The van der Waals surface area contributed by atoms with Gasteiger partial charge in [-0.15, -0.1) is 0 Å². The van der Waals surface area contributed by atoms with Crippen molar-refractivity contribution in [2.24, 2.45) is 5.73 Å². The monoisotopic (exact) mass is 234 g/mol. The maximum atomic E-state index is 6.10. The molecule has 0 unspecified atom stereocenters. The zero-order valence-electron chi connectivity index (χ0n) is 10.9. The molecule has 94 valence electrons. The maximum Gasteiger partial charge on any atom is 0.125 e. The molecule has 1 atom stereocenters. The van der Waals surface area contributed by atoms with Gasteiger partial charge in [-0.1, -0.05) is 6.07 Å². The second kappa shape index (κ2) is 4.96. The Morgan fingerprint density at radius 2 is 2.18 bits per heavy atom. The summed E-state index contributed by atoms with van der Waals surface area (Å²) in [5.41, 5.74) is 8.47. The van der Waals surface area contributed by atoms with Crippen molar-refractivity contribution in [1.82, 2.24) is 0 Å². The van der Waals surface area contributed by atoms with Gasteiger partial charge in [0.25, 0.3) is 0 Å². The van der Waals surface area contributed by atoms with Crippen LogP contribution in [-0.4, -0.2) is 19.7 Å². The predicted molar refractivity (Wildman–Crippen MR) is 71.6 cm³/mol. The third-order valence-electron chi connectivity index (χ3n) is 3.36. The SMILES string of the molecule is CCN(c1cccc(OC)c1[C@H](C)N)C1CC1. The Kier molecular flexibility index (Phi) is 3.57. The Balaban J connectivity index is 2.43. The molecule has 1 saturated carbocycles. The van der Waals surface area contributed by atoms with E-state index in [0.29, 0.717) is 6.04 Å². The lowest BCUT2D eigenvalue weighted by molar-refractivity contribution is 0.407. The van der Waals surface area contributed by atoms with Crippen molar-refractivity contribution in [3.8, 4) is 5.75 Å². The van der Waals surface area contributed by atoms with Gasteiger partial charge in [0.15, 0.2) is 0 Å². The van der Waals surface area contributed by atoms with Crippen LogP contribution in [0.3, 0.4) is 0 Å². The van der Waals surface area contributed by atoms with Crippen LogP contribution in [-0.2, 0) is 0 Å². The minimum Gasteiger partial charge on any atom is -0.496 e. The van der Waals surface area contributed by atoms with Crippen LogP contribution in [0.4, 0.5) is 5.69 Å². The largest absolute Gasteiger partial charge is 0.496 e. The molecule has 0 amide bonds. The van der Waals surface area contributed by atoms with E-state index >= 15 is 0 Å². The highest BCUT2D eigenvalue weighted by Crippen LogP contribution is 2.38. The molecule has 1 aliphatic carbocycles. The van der Waals surface area contributed by atoms with Crippen molar-refractivity contribution in [2.75, 3.05) is 18.6 Å². The zero-order chi connectivity index (χ0) is 12.4. The molecule has 1 fully saturated rings. The minimum absolute atomic E-state index is 0.00560.